The van der Waals surface area contributed by atoms with E-state index in [4.69, 9.17) is 0 Å². The van der Waals surface area contributed by atoms with E-state index in [0.717, 1.165) is 17.6 Å². The van der Waals surface area contributed by atoms with Gasteiger partial charge in [-0.1, -0.05) is 60.7 Å². The molecule has 3 heteroatoms. The SMILES string of the molecule is O=CC1(Cc2ccccc2)N=CC(Cc2ccccc2)=N1. The third-order valence-electron chi connectivity index (χ3n) is 3.50. The van der Waals surface area contributed by atoms with Crippen molar-refractivity contribution in [2.45, 2.75) is 18.5 Å². The summed E-state index contributed by atoms with van der Waals surface area (Å²) >= 11 is 0. The molecule has 0 saturated carbocycles. The second-order valence-corrected chi connectivity index (χ2v) is 5.18. The summed E-state index contributed by atoms with van der Waals surface area (Å²) in [5, 5.41) is 0. The molecule has 2 aromatic carbocycles. The zero-order chi connectivity index (χ0) is 14.5. The lowest BCUT2D eigenvalue weighted by molar-refractivity contribution is -0.111. The highest BCUT2D eigenvalue weighted by Gasteiger charge is 2.31. The van der Waals surface area contributed by atoms with Gasteiger partial charge in [-0.3, -0.25) is 14.8 Å². The number of hydrogen-bond acceptors (Lipinski definition) is 3. The van der Waals surface area contributed by atoms with Gasteiger partial charge in [-0.05, 0) is 11.1 Å². The number of hydrogen-bond donors (Lipinski definition) is 0. The molecule has 0 radical (unpaired) electrons. The summed E-state index contributed by atoms with van der Waals surface area (Å²) in [4.78, 5) is 20.4. The number of carbonyl (C=O) groups excluding carboxylic acids is 1. The topological polar surface area (TPSA) is 41.8 Å². The molecule has 0 bridgehead atoms. The van der Waals surface area contributed by atoms with Crippen LogP contribution in [0, 0.1) is 0 Å². The van der Waals surface area contributed by atoms with Crippen molar-refractivity contribution in [1.82, 2.24) is 0 Å². The fraction of sp³-hybridized carbons (Fsp3) is 0.167. The minimum atomic E-state index is -0.981. The van der Waals surface area contributed by atoms with E-state index in [2.05, 4.69) is 22.1 Å². The van der Waals surface area contributed by atoms with Gasteiger partial charge in [0.15, 0.2) is 6.29 Å². The average molecular weight is 276 g/mol. The Morgan fingerprint density at radius 1 is 0.905 bits per heavy atom. The Balaban J connectivity index is 1.79. The standard InChI is InChI=1S/C18H16N2O/c21-14-18(12-16-9-5-2-6-10-16)19-13-17(20-18)11-15-7-3-1-4-8-15/h1-10,13-14H,11-12H2. The molecular formula is C18H16N2O. The van der Waals surface area contributed by atoms with Gasteiger partial charge in [-0.2, -0.15) is 0 Å². The predicted octanol–water partition coefficient (Wildman–Crippen LogP) is 2.89. The summed E-state index contributed by atoms with van der Waals surface area (Å²) in [7, 11) is 0. The van der Waals surface area contributed by atoms with Gasteiger partial charge in [0.25, 0.3) is 0 Å². The zero-order valence-corrected chi connectivity index (χ0v) is 11.6. The molecule has 104 valence electrons. The molecule has 0 fully saturated rings. The zero-order valence-electron chi connectivity index (χ0n) is 11.6. The highest BCUT2D eigenvalue weighted by molar-refractivity contribution is 6.33. The van der Waals surface area contributed by atoms with Gasteiger partial charge in [0.1, 0.15) is 0 Å². The maximum Gasteiger partial charge on any atom is 0.209 e. The molecule has 2 aromatic rings. The van der Waals surface area contributed by atoms with Gasteiger partial charge >= 0.3 is 0 Å². The van der Waals surface area contributed by atoms with Crippen LogP contribution in [0.3, 0.4) is 0 Å². The molecule has 0 spiro atoms. The van der Waals surface area contributed by atoms with E-state index in [1.165, 1.54) is 5.56 Å². The van der Waals surface area contributed by atoms with Crippen molar-refractivity contribution in [2.24, 2.45) is 9.98 Å². The minimum absolute atomic E-state index is 0.506. The molecule has 1 atom stereocenters. The number of rotatable bonds is 5. The van der Waals surface area contributed by atoms with Crippen LogP contribution in [0.2, 0.25) is 0 Å². The van der Waals surface area contributed by atoms with Crippen LogP contribution in [0.15, 0.2) is 70.6 Å². The summed E-state index contributed by atoms with van der Waals surface area (Å²) < 4.78 is 0. The fourth-order valence-electron chi connectivity index (χ4n) is 2.46. The molecule has 3 rings (SSSR count). The van der Waals surface area contributed by atoms with Crippen molar-refractivity contribution >= 4 is 18.2 Å². The van der Waals surface area contributed by atoms with Crippen LogP contribution in [0.4, 0.5) is 0 Å². The molecule has 1 heterocycles. The van der Waals surface area contributed by atoms with E-state index in [0.29, 0.717) is 12.8 Å². The Morgan fingerprint density at radius 3 is 2.14 bits per heavy atom. The minimum Gasteiger partial charge on any atom is -0.298 e. The van der Waals surface area contributed by atoms with Crippen molar-refractivity contribution in [1.29, 1.82) is 0 Å². The number of aliphatic imine (C=N–C) groups is 2. The molecular weight excluding hydrogens is 260 g/mol. The Kier molecular flexibility index (Phi) is 3.73. The predicted molar refractivity (Wildman–Crippen MR) is 85.0 cm³/mol. The molecule has 0 N–H and O–H groups in total. The lowest BCUT2D eigenvalue weighted by Gasteiger charge is -2.15. The van der Waals surface area contributed by atoms with Gasteiger partial charge < -0.3 is 0 Å². The van der Waals surface area contributed by atoms with Crippen molar-refractivity contribution < 1.29 is 4.79 Å². The molecule has 0 aromatic heterocycles. The second-order valence-electron chi connectivity index (χ2n) is 5.18. The highest BCUT2D eigenvalue weighted by atomic mass is 16.1. The smallest absolute Gasteiger partial charge is 0.209 e. The van der Waals surface area contributed by atoms with E-state index in [1.54, 1.807) is 6.21 Å². The van der Waals surface area contributed by atoms with E-state index >= 15 is 0 Å². The summed E-state index contributed by atoms with van der Waals surface area (Å²) in [6.07, 6.45) is 3.78. The first kappa shape index (κ1) is 13.4. The van der Waals surface area contributed by atoms with Gasteiger partial charge in [-0.25, -0.2) is 0 Å². The third-order valence-corrected chi connectivity index (χ3v) is 3.50. The third kappa shape index (κ3) is 3.14. The Morgan fingerprint density at radius 2 is 1.52 bits per heavy atom. The first-order chi connectivity index (χ1) is 10.3. The van der Waals surface area contributed by atoms with Crippen molar-refractivity contribution in [3.05, 3.63) is 71.8 Å². The van der Waals surface area contributed by atoms with Gasteiger partial charge in [0.2, 0.25) is 5.66 Å². The quantitative estimate of drug-likeness (QED) is 0.774. The first-order valence-electron chi connectivity index (χ1n) is 6.98. The van der Waals surface area contributed by atoms with E-state index in [1.807, 2.05) is 48.5 Å². The van der Waals surface area contributed by atoms with Crippen LogP contribution >= 0.6 is 0 Å². The van der Waals surface area contributed by atoms with E-state index in [9.17, 15) is 4.79 Å². The summed E-state index contributed by atoms with van der Waals surface area (Å²) in [6.45, 7) is 0. The van der Waals surface area contributed by atoms with Gasteiger partial charge in [0, 0.05) is 19.1 Å². The van der Waals surface area contributed by atoms with Crippen LogP contribution in [-0.4, -0.2) is 23.9 Å². The molecule has 1 unspecified atom stereocenters. The van der Waals surface area contributed by atoms with Crippen LogP contribution in [0.5, 0.6) is 0 Å². The van der Waals surface area contributed by atoms with Crippen molar-refractivity contribution in [3.63, 3.8) is 0 Å². The number of nitrogens with zero attached hydrogens (tertiary/aromatic N) is 2. The number of carbonyl (C=O) groups is 1. The lowest BCUT2D eigenvalue weighted by atomic mass is 10.0. The van der Waals surface area contributed by atoms with Gasteiger partial charge in [0.05, 0.1) is 5.71 Å². The maximum absolute atomic E-state index is 11.5. The van der Waals surface area contributed by atoms with Crippen LogP contribution < -0.4 is 0 Å². The van der Waals surface area contributed by atoms with Gasteiger partial charge in [-0.15, -0.1) is 0 Å². The lowest BCUT2D eigenvalue weighted by Crippen LogP contribution is -2.27. The fourth-order valence-corrected chi connectivity index (χ4v) is 2.46. The monoisotopic (exact) mass is 276 g/mol. The highest BCUT2D eigenvalue weighted by Crippen LogP contribution is 2.22. The van der Waals surface area contributed by atoms with Crippen molar-refractivity contribution in [2.75, 3.05) is 0 Å². The normalized spacial score (nSPS) is 20.3. The molecule has 0 saturated heterocycles. The Labute approximate surface area is 124 Å². The Bertz CT molecular complexity index is 677. The maximum atomic E-state index is 11.5. The summed E-state index contributed by atoms with van der Waals surface area (Å²) in [6, 6.07) is 19.9. The molecule has 3 nitrogen and oxygen atoms in total. The van der Waals surface area contributed by atoms with Crippen LogP contribution in [0.1, 0.15) is 11.1 Å². The number of benzene rings is 2. The van der Waals surface area contributed by atoms with Crippen LogP contribution in [-0.2, 0) is 17.6 Å². The van der Waals surface area contributed by atoms with E-state index in [-0.39, 0.29) is 0 Å². The summed E-state index contributed by atoms with van der Waals surface area (Å²) in [5.74, 6) is 0. The van der Waals surface area contributed by atoms with Crippen LogP contribution in [0.25, 0.3) is 0 Å². The first-order valence-corrected chi connectivity index (χ1v) is 6.98. The molecule has 1 aliphatic rings. The van der Waals surface area contributed by atoms with E-state index < -0.39 is 5.66 Å². The Hall–Kier alpha value is -2.55. The summed E-state index contributed by atoms with van der Waals surface area (Å²) in [5.41, 5.74) is 2.10. The molecule has 21 heavy (non-hydrogen) atoms. The largest absolute Gasteiger partial charge is 0.298 e. The number of aldehydes is 1. The molecule has 0 amide bonds. The second kappa shape index (κ2) is 5.83. The van der Waals surface area contributed by atoms with Crippen molar-refractivity contribution in [3.8, 4) is 0 Å². The average Bonchev–Trinajstić information content (AvgIpc) is 2.93. The molecule has 1 aliphatic heterocycles. The molecule has 0 aliphatic carbocycles.